The van der Waals surface area contributed by atoms with Gasteiger partial charge in [0.25, 0.3) is 0 Å². The van der Waals surface area contributed by atoms with Gasteiger partial charge < -0.3 is 4.74 Å². The molecule has 0 spiro atoms. The Morgan fingerprint density at radius 2 is 1.47 bits per heavy atom. The molecule has 0 aliphatic heterocycles. The molecule has 1 aromatic carbocycles. The molecule has 168 valence electrons. The van der Waals surface area contributed by atoms with Crippen molar-refractivity contribution < 1.29 is 9.53 Å². The first kappa shape index (κ1) is 23.6. The molecule has 1 atom stereocenters. The van der Waals surface area contributed by atoms with Crippen molar-refractivity contribution in [2.24, 2.45) is 23.2 Å². The Kier molecular flexibility index (Phi) is 7.27. The van der Waals surface area contributed by atoms with Gasteiger partial charge in [-0.05, 0) is 87.0 Å². The number of carbonyl (C=O) groups excluding carboxylic acids is 1. The van der Waals surface area contributed by atoms with E-state index >= 15 is 0 Å². The van der Waals surface area contributed by atoms with E-state index < -0.39 is 4.87 Å². The highest BCUT2D eigenvalue weighted by Crippen LogP contribution is 2.60. The van der Waals surface area contributed by atoms with E-state index in [1.807, 2.05) is 6.92 Å². The number of carbonyl (C=O) groups is 1. The third-order valence-electron chi connectivity index (χ3n) is 8.20. The average Bonchev–Trinajstić information content (AvgIpc) is 2.72. The van der Waals surface area contributed by atoms with Crippen LogP contribution in [0, 0.1) is 23.2 Å². The molecular weight excluding hydrogens is 392 g/mol. The van der Waals surface area contributed by atoms with Crippen LogP contribution in [0.25, 0.3) is 0 Å². The van der Waals surface area contributed by atoms with Crippen LogP contribution in [0.4, 0.5) is 0 Å². The van der Waals surface area contributed by atoms with E-state index in [2.05, 4.69) is 51.1 Å². The fraction of sp³-hybridized carbons (Fsp3) is 0.741. The van der Waals surface area contributed by atoms with Crippen LogP contribution in [0.15, 0.2) is 30.3 Å². The highest BCUT2D eigenvalue weighted by molar-refractivity contribution is 6.33. The molecule has 2 nitrogen and oxygen atoms in total. The number of hydrogen-bond donors (Lipinski definition) is 0. The minimum atomic E-state index is -0.845. The molecule has 4 aliphatic rings. The van der Waals surface area contributed by atoms with E-state index in [4.69, 9.17) is 16.3 Å². The molecule has 0 radical (unpaired) electrons. The summed E-state index contributed by atoms with van der Waals surface area (Å²) in [7, 11) is 0. The fourth-order valence-electron chi connectivity index (χ4n) is 6.07. The van der Waals surface area contributed by atoms with Crippen LogP contribution in [0.3, 0.4) is 0 Å². The topological polar surface area (TPSA) is 26.3 Å². The molecule has 1 aromatic rings. The Hall–Kier alpha value is -1.02. The molecule has 0 saturated heterocycles. The van der Waals surface area contributed by atoms with Gasteiger partial charge in [0.1, 0.15) is 4.87 Å². The summed E-state index contributed by atoms with van der Waals surface area (Å²) in [5, 5.41) is 0. The molecule has 4 saturated carbocycles. The average molecular weight is 433 g/mol. The molecule has 4 fully saturated rings. The van der Waals surface area contributed by atoms with Gasteiger partial charge in [0.15, 0.2) is 0 Å². The first-order chi connectivity index (χ1) is 14.1. The molecule has 4 aliphatic carbocycles. The van der Waals surface area contributed by atoms with Crippen LogP contribution < -0.4 is 0 Å². The van der Waals surface area contributed by atoms with E-state index in [9.17, 15) is 4.79 Å². The number of rotatable bonds is 6. The Morgan fingerprint density at radius 1 is 0.967 bits per heavy atom. The predicted molar refractivity (Wildman–Crippen MR) is 126 cm³/mol. The third-order valence-corrected chi connectivity index (χ3v) is 8.62. The number of esters is 1. The second-order valence-electron chi connectivity index (χ2n) is 11.1. The van der Waals surface area contributed by atoms with E-state index in [0.29, 0.717) is 23.9 Å². The van der Waals surface area contributed by atoms with Crippen molar-refractivity contribution in [3.63, 3.8) is 0 Å². The minimum Gasteiger partial charge on any atom is -0.464 e. The summed E-state index contributed by atoms with van der Waals surface area (Å²) < 4.78 is 5.61. The van der Waals surface area contributed by atoms with Crippen molar-refractivity contribution >= 4 is 17.6 Å². The van der Waals surface area contributed by atoms with Crippen LogP contribution in [0.1, 0.15) is 91.5 Å². The van der Waals surface area contributed by atoms with Crippen molar-refractivity contribution in [2.75, 3.05) is 6.61 Å². The van der Waals surface area contributed by atoms with Crippen molar-refractivity contribution in [2.45, 2.75) is 96.3 Å². The Morgan fingerprint density at radius 3 is 1.90 bits per heavy atom. The van der Waals surface area contributed by atoms with Gasteiger partial charge in [-0.2, -0.15) is 0 Å². The first-order valence-corrected chi connectivity index (χ1v) is 12.4. The zero-order valence-electron chi connectivity index (χ0n) is 19.7. The maximum absolute atomic E-state index is 12.0. The lowest BCUT2D eigenvalue weighted by molar-refractivity contribution is -0.158. The number of hydrogen-bond acceptors (Lipinski definition) is 2. The molecule has 0 N–H and O–H groups in total. The Labute approximate surface area is 189 Å². The fourth-order valence-corrected chi connectivity index (χ4v) is 6.13. The molecule has 5 rings (SSSR count). The summed E-state index contributed by atoms with van der Waals surface area (Å²) in [5.74, 6) is 2.47. The van der Waals surface area contributed by atoms with E-state index in [0.717, 1.165) is 17.8 Å². The van der Waals surface area contributed by atoms with Crippen molar-refractivity contribution in [1.29, 1.82) is 0 Å². The number of halogens is 1. The maximum atomic E-state index is 12.0. The summed E-state index contributed by atoms with van der Waals surface area (Å²) in [6.45, 7) is 11.1. The molecule has 3 heteroatoms. The highest BCUT2D eigenvalue weighted by Gasteiger charge is 2.51. The summed E-state index contributed by atoms with van der Waals surface area (Å²) in [5.41, 5.74) is 2.06. The van der Waals surface area contributed by atoms with Crippen molar-refractivity contribution in [3.8, 4) is 0 Å². The van der Waals surface area contributed by atoms with Crippen LogP contribution in [0.5, 0.6) is 0 Å². The van der Waals surface area contributed by atoms with E-state index in [1.165, 1.54) is 50.5 Å². The van der Waals surface area contributed by atoms with Gasteiger partial charge in [0, 0.05) is 5.41 Å². The lowest BCUT2D eigenvalue weighted by atomic mass is 9.50. The Balaban J connectivity index is 0.000000199. The molecule has 30 heavy (non-hydrogen) atoms. The second kappa shape index (κ2) is 9.23. The lowest BCUT2D eigenvalue weighted by Gasteiger charge is -2.56. The van der Waals surface area contributed by atoms with Gasteiger partial charge >= 0.3 is 5.97 Å². The van der Waals surface area contributed by atoms with Gasteiger partial charge in [0.05, 0.1) is 6.61 Å². The Bertz CT molecular complexity index is 672. The molecular formula is C27H41ClO2. The monoisotopic (exact) mass is 432 g/mol. The second-order valence-corrected chi connectivity index (χ2v) is 12.0. The highest BCUT2D eigenvalue weighted by atomic mass is 35.5. The summed E-state index contributed by atoms with van der Waals surface area (Å²) in [6.07, 6.45) is 9.91. The minimum absolute atomic E-state index is 0.229. The largest absolute Gasteiger partial charge is 0.464 e. The smallest absolute Gasteiger partial charge is 0.326 e. The predicted octanol–water partition coefficient (Wildman–Crippen LogP) is 7.53. The van der Waals surface area contributed by atoms with E-state index in [-0.39, 0.29) is 5.97 Å². The van der Waals surface area contributed by atoms with Gasteiger partial charge in [-0.1, -0.05) is 58.0 Å². The SMILES string of the molecule is CCC(C)(C)c1ccccc1.CCC(C)(Cl)C(=O)OCC12CC3CC(CC(C3)C1)C2. The lowest BCUT2D eigenvalue weighted by Crippen LogP contribution is -2.49. The van der Waals surface area contributed by atoms with Crippen molar-refractivity contribution in [1.82, 2.24) is 0 Å². The summed E-state index contributed by atoms with van der Waals surface area (Å²) in [6, 6.07) is 10.7. The van der Waals surface area contributed by atoms with Crippen molar-refractivity contribution in [3.05, 3.63) is 35.9 Å². The summed E-state index contributed by atoms with van der Waals surface area (Å²) in [4.78, 5) is 11.2. The maximum Gasteiger partial charge on any atom is 0.326 e. The molecule has 4 bridgehead atoms. The molecule has 0 aromatic heterocycles. The third kappa shape index (κ3) is 5.42. The van der Waals surface area contributed by atoms with Gasteiger partial charge in [-0.15, -0.1) is 11.6 Å². The molecule has 0 heterocycles. The van der Waals surface area contributed by atoms with Crippen LogP contribution in [-0.2, 0) is 14.9 Å². The van der Waals surface area contributed by atoms with Crippen LogP contribution in [-0.4, -0.2) is 17.5 Å². The quantitative estimate of drug-likeness (QED) is 0.343. The zero-order chi connectivity index (χ0) is 22.0. The van der Waals surface area contributed by atoms with Crippen LogP contribution >= 0.6 is 11.6 Å². The molecule has 0 amide bonds. The zero-order valence-corrected chi connectivity index (χ0v) is 20.4. The standard InChI is InChI=1S/C16H25ClO2.C11H16/c1-3-15(2,17)14(18)19-10-16-7-11-4-12(8-16)6-13(5-11)9-16;1-4-11(2,3)10-8-6-5-7-9-10/h11-13H,3-10H2,1-2H3;5-9H,4H2,1-3H3. The number of alkyl halides is 1. The molecule has 1 unspecified atom stereocenters. The van der Waals surface area contributed by atoms with Gasteiger partial charge in [0.2, 0.25) is 0 Å². The number of benzene rings is 1. The number of ether oxygens (including phenoxy) is 1. The van der Waals surface area contributed by atoms with E-state index in [1.54, 1.807) is 6.92 Å². The van der Waals surface area contributed by atoms with Gasteiger partial charge in [-0.3, -0.25) is 4.79 Å². The first-order valence-electron chi connectivity index (χ1n) is 12.0. The van der Waals surface area contributed by atoms with Gasteiger partial charge in [-0.25, -0.2) is 0 Å². The van der Waals surface area contributed by atoms with Crippen LogP contribution in [0.2, 0.25) is 0 Å². The normalized spacial score (nSPS) is 31.5. The summed E-state index contributed by atoms with van der Waals surface area (Å²) >= 11 is 6.18.